The zero-order chi connectivity index (χ0) is 27.2. The maximum atomic E-state index is 12.0. The van der Waals surface area contributed by atoms with Gasteiger partial charge < -0.3 is 9.47 Å². The first-order valence-corrected chi connectivity index (χ1v) is 16.6. The summed E-state index contributed by atoms with van der Waals surface area (Å²) in [6, 6.07) is 0. The van der Waals surface area contributed by atoms with Crippen LogP contribution in [-0.2, 0) is 19.1 Å². The molecule has 0 aliphatic heterocycles. The number of rotatable bonds is 29. The third-order valence-electron chi connectivity index (χ3n) is 7.11. The van der Waals surface area contributed by atoms with Gasteiger partial charge in [0, 0.05) is 11.7 Å². The SMILES string of the molecule is CCCCCCCCCCCCCOC(=O)CCC(S)CC(=O)OCCCCCCCCCCCCC. The zero-order valence-electron chi connectivity index (χ0n) is 24.7. The van der Waals surface area contributed by atoms with Crippen molar-refractivity contribution in [3.8, 4) is 0 Å². The summed E-state index contributed by atoms with van der Waals surface area (Å²) in [7, 11) is 0. The van der Waals surface area contributed by atoms with Crippen LogP contribution in [0.1, 0.15) is 174 Å². The fraction of sp³-hybridized carbons (Fsp3) is 0.938. The highest BCUT2D eigenvalue weighted by atomic mass is 32.1. The fourth-order valence-corrected chi connectivity index (χ4v) is 4.89. The van der Waals surface area contributed by atoms with Crippen LogP contribution < -0.4 is 0 Å². The summed E-state index contributed by atoms with van der Waals surface area (Å²) in [5.74, 6) is -0.387. The third kappa shape index (κ3) is 29.7. The molecule has 4 nitrogen and oxygen atoms in total. The van der Waals surface area contributed by atoms with Crippen molar-refractivity contribution in [2.45, 2.75) is 180 Å². The zero-order valence-corrected chi connectivity index (χ0v) is 25.6. The molecule has 0 aromatic carbocycles. The average Bonchev–Trinajstić information content (AvgIpc) is 2.88. The predicted octanol–water partition coefficient (Wildman–Crippen LogP) is 10.2. The lowest BCUT2D eigenvalue weighted by Crippen LogP contribution is -2.14. The van der Waals surface area contributed by atoms with Crippen molar-refractivity contribution in [2.75, 3.05) is 13.2 Å². The average molecular weight is 543 g/mol. The van der Waals surface area contributed by atoms with Crippen LogP contribution in [0.2, 0.25) is 0 Å². The minimum atomic E-state index is -0.207. The molecule has 0 bridgehead atoms. The minimum Gasteiger partial charge on any atom is -0.466 e. The molecule has 0 amide bonds. The van der Waals surface area contributed by atoms with Crippen LogP contribution in [0.3, 0.4) is 0 Å². The Bertz CT molecular complexity index is 497. The number of hydrogen-bond donors (Lipinski definition) is 1. The van der Waals surface area contributed by atoms with Crippen molar-refractivity contribution in [3.63, 3.8) is 0 Å². The Morgan fingerprint density at radius 1 is 0.514 bits per heavy atom. The smallest absolute Gasteiger partial charge is 0.306 e. The Morgan fingerprint density at radius 3 is 1.22 bits per heavy atom. The van der Waals surface area contributed by atoms with Gasteiger partial charge in [-0.05, 0) is 19.3 Å². The molecular formula is C32H62O4S. The van der Waals surface area contributed by atoms with Gasteiger partial charge in [0.2, 0.25) is 0 Å². The first kappa shape index (κ1) is 36.3. The van der Waals surface area contributed by atoms with Crippen LogP contribution in [0.15, 0.2) is 0 Å². The summed E-state index contributed by atoms with van der Waals surface area (Å²) >= 11 is 4.46. The Morgan fingerprint density at radius 2 is 0.838 bits per heavy atom. The molecule has 0 aromatic rings. The molecule has 0 radical (unpaired) electrons. The second kappa shape index (κ2) is 29.8. The normalized spacial score (nSPS) is 12.0. The Balaban J connectivity index is 3.42. The molecule has 1 atom stereocenters. The summed E-state index contributed by atoms with van der Waals surface area (Å²) < 4.78 is 10.7. The molecule has 37 heavy (non-hydrogen) atoms. The number of ether oxygens (including phenoxy) is 2. The first-order valence-electron chi connectivity index (χ1n) is 16.1. The summed E-state index contributed by atoms with van der Waals surface area (Å²) in [4.78, 5) is 23.9. The number of carbonyl (C=O) groups excluding carboxylic acids is 2. The second-order valence-electron chi connectivity index (χ2n) is 10.9. The Labute approximate surface area is 236 Å². The van der Waals surface area contributed by atoms with Crippen LogP contribution in [0.25, 0.3) is 0 Å². The summed E-state index contributed by atoms with van der Waals surface area (Å²) in [6.45, 7) is 5.52. The van der Waals surface area contributed by atoms with E-state index in [1.165, 1.54) is 116 Å². The second-order valence-corrected chi connectivity index (χ2v) is 11.6. The fourth-order valence-electron chi connectivity index (χ4n) is 4.61. The third-order valence-corrected chi connectivity index (χ3v) is 7.55. The van der Waals surface area contributed by atoms with E-state index in [1.807, 2.05) is 0 Å². The number of carbonyl (C=O) groups is 2. The van der Waals surface area contributed by atoms with Gasteiger partial charge in [-0.1, -0.05) is 142 Å². The molecule has 220 valence electrons. The standard InChI is InChI=1S/C32H62O4S/c1-3-5-7-9-11-13-15-17-19-21-23-27-35-31(33)26-25-30(37)29-32(34)36-28-24-22-20-18-16-14-12-10-8-6-4-2/h30,37H,3-29H2,1-2H3. The van der Waals surface area contributed by atoms with Crippen LogP contribution in [0, 0.1) is 0 Å². The quantitative estimate of drug-likeness (QED) is 0.0580. The van der Waals surface area contributed by atoms with Crippen LogP contribution >= 0.6 is 12.6 Å². The van der Waals surface area contributed by atoms with Crippen LogP contribution in [0.4, 0.5) is 0 Å². The monoisotopic (exact) mass is 542 g/mol. The summed E-state index contributed by atoms with van der Waals surface area (Å²) in [5, 5.41) is -0.153. The molecule has 0 saturated heterocycles. The van der Waals surface area contributed by atoms with Crippen molar-refractivity contribution in [1.29, 1.82) is 0 Å². The van der Waals surface area contributed by atoms with E-state index in [1.54, 1.807) is 0 Å². The van der Waals surface area contributed by atoms with Gasteiger partial charge in [-0.3, -0.25) is 9.59 Å². The van der Waals surface area contributed by atoms with Crippen LogP contribution in [-0.4, -0.2) is 30.4 Å². The Kier molecular flexibility index (Phi) is 29.3. The maximum Gasteiger partial charge on any atom is 0.306 e. The molecule has 0 aliphatic carbocycles. The van der Waals surface area contributed by atoms with E-state index in [0.717, 1.165) is 25.7 Å². The maximum absolute atomic E-state index is 12.0. The van der Waals surface area contributed by atoms with E-state index in [-0.39, 0.29) is 23.6 Å². The van der Waals surface area contributed by atoms with Gasteiger partial charge in [-0.25, -0.2) is 0 Å². The van der Waals surface area contributed by atoms with Gasteiger partial charge in [0.15, 0.2) is 0 Å². The van der Waals surface area contributed by atoms with E-state index in [0.29, 0.717) is 26.1 Å². The number of hydrogen-bond acceptors (Lipinski definition) is 5. The van der Waals surface area contributed by atoms with Crippen molar-refractivity contribution < 1.29 is 19.1 Å². The Hall–Kier alpha value is -0.710. The van der Waals surface area contributed by atoms with Gasteiger partial charge in [0.25, 0.3) is 0 Å². The lowest BCUT2D eigenvalue weighted by Gasteiger charge is -2.11. The lowest BCUT2D eigenvalue weighted by atomic mass is 10.1. The summed E-state index contributed by atoms with van der Waals surface area (Å²) in [5.41, 5.74) is 0. The number of esters is 2. The van der Waals surface area contributed by atoms with Gasteiger partial charge in [0.1, 0.15) is 0 Å². The molecule has 0 spiro atoms. The number of thiol groups is 1. The van der Waals surface area contributed by atoms with Crippen molar-refractivity contribution in [3.05, 3.63) is 0 Å². The van der Waals surface area contributed by atoms with E-state index in [4.69, 9.17) is 9.47 Å². The highest BCUT2D eigenvalue weighted by Crippen LogP contribution is 2.14. The first-order chi connectivity index (χ1) is 18.1. The topological polar surface area (TPSA) is 52.6 Å². The van der Waals surface area contributed by atoms with E-state index >= 15 is 0 Å². The molecule has 0 N–H and O–H groups in total. The molecular weight excluding hydrogens is 480 g/mol. The van der Waals surface area contributed by atoms with E-state index < -0.39 is 0 Å². The van der Waals surface area contributed by atoms with Gasteiger partial charge in [-0.2, -0.15) is 12.6 Å². The van der Waals surface area contributed by atoms with Crippen molar-refractivity contribution in [2.24, 2.45) is 0 Å². The lowest BCUT2D eigenvalue weighted by molar-refractivity contribution is -0.145. The molecule has 5 heteroatoms. The minimum absolute atomic E-state index is 0.153. The number of unbranched alkanes of at least 4 members (excludes halogenated alkanes) is 20. The predicted molar refractivity (Wildman–Crippen MR) is 161 cm³/mol. The molecule has 0 fully saturated rings. The van der Waals surface area contributed by atoms with E-state index in [9.17, 15) is 9.59 Å². The molecule has 0 saturated carbocycles. The molecule has 0 rings (SSSR count). The summed E-state index contributed by atoms with van der Waals surface area (Å²) in [6.07, 6.45) is 29.3. The van der Waals surface area contributed by atoms with Crippen molar-refractivity contribution >= 4 is 24.6 Å². The molecule has 0 heterocycles. The molecule has 0 aromatic heterocycles. The highest BCUT2D eigenvalue weighted by molar-refractivity contribution is 7.81. The largest absolute Gasteiger partial charge is 0.466 e. The van der Waals surface area contributed by atoms with E-state index in [2.05, 4.69) is 26.5 Å². The van der Waals surface area contributed by atoms with Gasteiger partial charge >= 0.3 is 11.9 Å². The molecule has 1 unspecified atom stereocenters. The van der Waals surface area contributed by atoms with Gasteiger partial charge in [0.05, 0.1) is 19.6 Å². The van der Waals surface area contributed by atoms with Crippen molar-refractivity contribution in [1.82, 2.24) is 0 Å². The van der Waals surface area contributed by atoms with Crippen LogP contribution in [0.5, 0.6) is 0 Å². The molecule has 0 aliphatic rings. The highest BCUT2D eigenvalue weighted by Gasteiger charge is 2.13. The van der Waals surface area contributed by atoms with Gasteiger partial charge in [-0.15, -0.1) is 0 Å².